The number of carbonyl (C=O) groups excluding carboxylic acids is 1. The van der Waals surface area contributed by atoms with Crippen molar-refractivity contribution in [3.05, 3.63) is 48.8 Å². The molecule has 8 nitrogen and oxygen atoms in total. The van der Waals surface area contributed by atoms with Crippen molar-refractivity contribution in [3.63, 3.8) is 0 Å². The zero-order valence-corrected chi connectivity index (χ0v) is 17.5. The average Bonchev–Trinajstić information content (AvgIpc) is 3.14. The van der Waals surface area contributed by atoms with Crippen LogP contribution in [0.1, 0.15) is 24.4 Å². The summed E-state index contributed by atoms with van der Waals surface area (Å²) in [6, 6.07) is 8.36. The van der Waals surface area contributed by atoms with E-state index in [2.05, 4.69) is 45.7 Å². The van der Waals surface area contributed by atoms with Crippen molar-refractivity contribution in [2.75, 3.05) is 32.9 Å². The summed E-state index contributed by atoms with van der Waals surface area (Å²) in [5.74, 6) is 0.357. The molecule has 2 N–H and O–H groups in total. The molecule has 0 radical (unpaired) electrons. The number of carbonyl (C=O) groups is 1. The molecule has 30 heavy (non-hydrogen) atoms. The lowest BCUT2D eigenvalue weighted by Crippen LogP contribution is -2.40. The van der Waals surface area contributed by atoms with Crippen LogP contribution in [0.2, 0.25) is 0 Å². The SMILES string of the molecule is C=CC(=O)N1CCCC(n2nc(-c3ccc(CN(C)C)cc3)c3c(N)ncnc32)C1. The molecule has 1 aliphatic rings. The molecule has 1 aromatic carbocycles. The first-order valence-corrected chi connectivity index (χ1v) is 10.1. The van der Waals surface area contributed by atoms with Crippen LogP contribution in [0.15, 0.2) is 43.2 Å². The van der Waals surface area contributed by atoms with Gasteiger partial charge in [-0.05, 0) is 38.6 Å². The van der Waals surface area contributed by atoms with Crippen molar-refractivity contribution in [2.45, 2.75) is 25.4 Å². The monoisotopic (exact) mass is 405 g/mol. The summed E-state index contributed by atoms with van der Waals surface area (Å²) in [6.45, 7) is 5.79. The van der Waals surface area contributed by atoms with Crippen LogP contribution < -0.4 is 5.73 Å². The molecule has 1 aliphatic heterocycles. The van der Waals surface area contributed by atoms with Gasteiger partial charge in [0.2, 0.25) is 5.91 Å². The smallest absolute Gasteiger partial charge is 0.246 e. The van der Waals surface area contributed by atoms with Crippen LogP contribution in [0.5, 0.6) is 0 Å². The molecule has 0 spiro atoms. The highest BCUT2D eigenvalue weighted by Crippen LogP contribution is 2.33. The van der Waals surface area contributed by atoms with Gasteiger partial charge in [0.25, 0.3) is 0 Å². The van der Waals surface area contributed by atoms with Gasteiger partial charge in [-0.1, -0.05) is 30.8 Å². The van der Waals surface area contributed by atoms with E-state index in [1.807, 2.05) is 23.7 Å². The molecule has 156 valence electrons. The number of fused-ring (bicyclic) bond motifs is 1. The second-order valence-corrected chi connectivity index (χ2v) is 7.97. The highest BCUT2D eigenvalue weighted by molar-refractivity contribution is 5.98. The van der Waals surface area contributed by atoms with E-state index < -0.39 is 0 Å². The fourth-order valence-corrected chi connectivity index (χ4v) is 4.07. The predicted octanol–water partition coefficient (Wildman–Crippen LogP) is 2.49. The number of aromatic nitrogens is 4. The Morgan fingerprint density at radius 3 is 2.77 bits per heavy atom. The summed E-state index contributed by atoms with van der Waals surface area (Å²) >= 11 is 0. The summed E-state index contributed by atoms with van der Waals surface area (Å²) in [5.41, 5.74) is 9.91. The fourth-order valence-electron chi connectivity index (χ4n) is 4.07. The van der Waals surface area contributed by atoms with Gasteiger partial charge in [-0.15, -0.1) is 0 Å². The normalized spacial score (nSPS) is 16.9. The van der Waals surface area contributed by atoms with Gasteiger partial charge in [-0.3, -0.25) is 4.79 Å². The molecule has 8 heteroatoms. The Morgan fingerprint density at radius 1 is 1.30 bits per heavy atom. The number of likely N-dealkylation sites (tertiary alicyclic amines) is 1. The van der Waals surface area contributed by atoms with E-state index in [4.69, 9.17) is 10.8 Å². The van der Waals surface area contributed by atoms with E-state index >= 15 is 0 Å². The van der Waals surface area contributed by atoms with Crippen molar-refractivity contribution in [2.24, 2.45) is 0 Å². The molecule has 2 aromatic heterocycles. The summed E-state index contributed by atoms with van der Waals surface area (Å²) < 4.78 is 1.92. The molecular formula is C22H27N7O. The van der Waals surface area contributed by atoms with Crippen molar-refractivity contribution in [1.82, 2.24) is 29.5 Å². The molecule has 1 atom stereocenters. The third kappa shape index (κ3) is 3.78. The predicted molar refractivity (Wildman–Crippen MR) is 118 cm³/mol. The van der Waals surface area contributed by atoms with Crippen LogP contribution in [0.3, 0.4) is 0 Å². The first kappa shape index (κ1) is 20.0. The first-order valence-electron chi connectivity index (χ1n) is 10.1. The second-order valence-electron chi connectivity index (χ2n) is 7.97. The maximum atomic E-state index is 12.1. The topological polar surface area (TPSA) is 93.2 Å². The van der Waals surface area contributed by atoms with E-state index in [-0.39, 0.29) is 11.9 Å². The Labute approximate surface area is 176 Å². The minimum atomic E-state index is -0.0537. The molecular weight excluding hydrogens is 378 g/mol. The fraction of sp³-hybridized carbons (Fsp3) is 0.364. The van der Waals surface area contributed by atoms with Gasteiger partial charge in [0.15, 0.2) is 5.65 Å². The highest BCUT2D eigenvalue weighted by Gasteiger charge is 2.27. The van der Waals surface area contributed by atoms with Crippen LogP contribution in [-0.4, -0.2) is 62.6 Å². The van der Waals surface area contributed by atoms with Crippen molar-refractivity contribution >= 4 is 22.8 Å². The van der Waals surface area contributed by atoms with Crippen molar-refractivity contribution < 1.29 is 4.79 Å². The van der Waals surface area contributed by atoms with Gasteiger partial charge in [0, 0.05) is 25.2 Å². The minimum absolute atomic E-state index is 0.0289. The summed E-state index contributed by atoms with van der Waals surface area (Å²) in [5, 5.41) is 5.67. The van der Waals surface area contributed by atoms with Gasteiger partial charge in [-0.2, -0.15) is 5.10 Å². The summed E-state index contributed by atoms with van der Waals surface area (Å²) in [6.07, 6.45) is 4.66. The Morgan fingerprint density at radius 2 is 2.07 bits per heavy atom. The lowest BCUT2D eigenvalue weighted by atomic mass is 10.1. The highest BCUT2D eigenvalue weighted by atomic mass is 16.2. The number of rotatable bonds is 5. The minimum Gasteiger partial charge on any atom is -0.383 e. The molecule has 4 rings (SSSR count). The molecule has 1 fully saturated rings. The number of nitrogens with two attached hydrogens (primary N) is 1. The van der Waals surface area contributed by atoms with E-state index in [1.54, 1.807) is 0 Å². The van der Waals surface area contributed by atoms with Crippen LogP contribution in [0.25, 0.3) is 22.3 Å². The molecule has 1 unspecified atom stereocenters. The first-order chi connectivity index (χ1) is 14.5. The van der Waals surface area contributed by atoms with Crippen LogP contribution >= 0.6 is 0 Å². The van der Waals surface area contributed by atoms with Crippen molar-refractivity contribution in [1.29, 1.82) is 0 Å². The number of benzene rings is 1. The number of piperidine rings is 1. The maximum absolute atomic E-state index is 12.1. The van der Waals surface area contributed by atoms with E-state index in [0.717, 1.165) is 42.6 Å². The number of nitrogen functional groups attached to an aromatic ring is 1. The van der Waals surface area contributed by atoms with E-state index in [1.165, 1.54) is 18.0 Å². The third-order valence-electron chi connectivity index (χ3n) is 5.47. The lowest BCUT2D eigenvalue weighted by molar-refractivity contribution is -0.127. The van der Waals surface area contributed by atoms with Gasteiger partial charge >= 0.3 is 0 Å². The second kappa shape index (κ2) is 8.23. The van der Waals surface area contributed by atoms with E-state index in [9.17, 15) is 4.79 Å². The van der Waals surface area contributed by atoms with Gasteiger partial charge in [-0.25, -0.2) is 14.6 Å². The number of nitrogens with zero attached hydrogens (tertiary/aromatic N) is 6. The van der Waals surface area contributed by atoms with Crippen molar-refractivity contribution in [3.8, 4) is 11.3 Å². The average molecular weight is 406 g/mol. The maximum Gasteiger partial charge on any atom is 0.246 e. The van der Waals surface area contributed by atoms with Crippen LogP contribution in [0.4, 0.5) is 5.82 Å². The summed E-state index contributed by atoms with van der Waals surface area (Å²) in [4.78, 5) is 24.8. The largest absolute Gasteiger partial charge is 0.383 e. The molecule has 0 bridgehead atoms. The van der Waals surface area contributed by atoms with Crippen LogP contribution in [0, 0.1) is 0 Å². The molecule has 0 aliphatic carbocycles. The van der Waals surface area contributed by atoms with Gasteiger partial charge in [0.1, 0.15) is 17.8 Å². The number of hydrogen-bond acceptors (Lipinski definition) is 6. The zero-order chi connectivity index (χ0) is 21.3. The Hall–Kier alpha value is -3.26. The number of anilines is 1. The third-order valence-corrected chi connectivity index (χ3v) is 5.47. The Balaban J connectivity index is 1.75. The standard InChI is InChI=1S/C22H27N7O/c1-4-18(30)28-11-5-6-17(13-28)29-22-19(21(23)24-14-25-22)20(26-29)16-9-7-15(8-10-16)12-27(2)3/h4,7-10,14,17H,1,5-6,11-13H2,2-3H3,(H2,23,24,25). The summed E-state index contributed by atoms with van der Waals surface area (Å²) in [7, 11) is 4.09. The molecule has 3 heterocycles. The Bertz CT molecular complexity index is 1070. The molecule has 0 saturated carbocycles. The molecule has 3 aromatic rings. The number of hydrogen-bond donors (Lipinski definition) is 1. The van der Waals surface area contributed by atoms with Crippen LogP contribution in [-0.2, 0) is 11.3 Å². The quantitative estimate of drug-likeness (QED) is 0.656. The van der Waals surface area contributed by atoms with Gasteiger partial charge < -0.3 is 15.5 Å². The zero-order valence-electron chi connectivity index (χ0n) is 17.5. The molecule has 1 amide bonds. The number of amides is 1. The van der Waals surface area contributed by atoms with E-state index in [0.29, 0.717) is 18.0 Å². The lowest BCUT2D eigenvalue weighted by Gasteiger charge is -2.32. The molecule has 1 saturated heterocycles. The van der Waals surface area contributed by atoms with Gasteiger partial charge in [0.05, 0.1) is 11.4 Å². The Kier molecular flexibility index (Phi) is 5.50.